The van der Waals surface area contributed by atoms with Crippen LogP contribution in [0, 0.1) is 5.92 Å². The van der Waals surface area contributed by atoms with E-state index in [0.717, 1.165) is 13.1 Å². The van der Waals surface area contributed by atoms with E-state index < -0.39 is 0 Å². The Balaban J connectivity index is 2.74. The standard InChI is InChI=1S/C16H32N2O3/c1-7-21-15-9-17(8-14(15)10-19)13(6)16(20)18(11(2)3)12(4)5/h11-15,19H,7-10H2,1-6H3. The van der Waals surface area contributed by atoms with E-state index in [9.17, 15) is 9.90 Å². The molecule has 1 aliphatic heterocycles. The van der Waals surface area contributed by atoms with E-state index in [1.54, 1.807) is 0 Å². The zero-order valence-electron chi connectivity index (χ0n) is 14.4. The third-order valence-corrected chi connectivity index (χ3v) is 4.30. The van der Waals surface area contributed by atoms with Gasteiger partial charge in [0.15, 0.2) is 0 Å². The molecule has 1 saturated heterocycles. The van der Waals surface area contributed by atoms with E-state index in [1.807, 2.05) is 46.4 Å². The minimum absolute atomic E-state index is 0.0294. The molecule has 0 radical (unpaired) electrons. The van der Waals surface area contributed by atoms with Crippen molar-refractivity contribution in [1.82, 2.24) is 9.80 Å². The molecule has 0 saturated carbocycles. The Hall–Kier alpha value is -0.650. The lowest BCUT2D eigenvalue weighted by atomic mass is 10.1. The molecule has 1 amide bonds. The lowest BCUT2D eigenvalue weighted by Gasteiger charge is -2.35. The molecule has 1 fully saturated rings. The van der Waals surface area contributed by atoms with Crippen molar-refractivity contribution < 1.29 is 14.6 Å². The van der Waals surface area contributed by atoms with Crippen molar-refractivity contribution in [3.63, 3.8) is 0 Å². The minimum atomic E-state index is -0.172. The van der Waals surface area contributed by atoms with Crippen LogP contribution in [0.25, 0.3) is 0 Å². The number of ether oxygens (including phenoxy) is 1. The lowest BCUT2D eigenvalue weighted by Crippen LogP contribution is -2.51. The first kappa shape index (κ1) is 18.4. The summed E-state index contributed by atoms with van der Waals surface area (Å²) in [4.78, 5) is 16.8. The van der Waals surface area contributed by atoms with Crippen molar-refractivity contribution in [1.29, 1.82) is 0 Å². The average Bonchev–Trinajstić information content (AvgIpc) is 2.80. The van der Waals surface area contributed by atoms with Crippen LogP contribution in [0.5, 0.6) is 0 Å². The van der Waals surface area contributed by atoms with Crippen molar-refractivity contribution in [3.05, 3.63) is 0 Å². The van der Waals surface area contributed by atoms with Gasteiger partial charge in [0.05, 0.1) is 12.1 Å². The second-order valence-corrected chi connectivity index (χ2v) is 6.50. The van der Waals surface area contributed by atoms with Crippen molar-refractivity contribution in [2.75, 3.05) is 26.3 Å². The Morgan fingerprint density at radius 3 is 2.24 bits per heavy atom. The lowest BCUT2D eigenvalue weighted by molar-refractivity contribution is -0.139. The van der Waals surface area contributed by atoms with Crippen molar-refractivity contribution in [2.24, 2.45) is 5.92 Å². The first-order chi connectivity index (χ1) is 9.83. The molecular weight excluding hydrogens is 268 g/mol. The summed E-state index contributed by atoms with van der Waals surface area (Å²) in [6.07, 6.45) is 0.0294. The summed E-state index contributed by atoms with van der Waals surface area (Å²) in [5.41, 5.74) is 0. The molecule has 0 aromatic rings. The number of amides is 1. The number of aliphatic hydroxyl groups excluding tert-OH is 1. The predicted octanol–water partition coefficient (Wildman–Crippen LogP) is 1.35. The Bertz CT molecular complexity index is 325. The maximum atomic E-state index is 12.8. The van der Waals surface area contributed by atoms with Gasteiger partial charge in [0.25, 0.3) is 0 Å². The molecular formula is C16H32N2O3. The van der Waals surface area contributed by atoms with Gasteiger partial charge in [-0.25, -0.2) is 0 Å². The largest absolute Gasteiger partial charge is 0.396 e. The highest BCUT2D eigenvalue weighted by Gasteiger charge is 2.38. The van der Waals surface area contributed by atoms with Gasteiger partial charge in [0.2, 0.25) is 5.91 Å². The van der Waals surface area contributed by atoms with Gasteiger partial charge < -0.3 is 14.7 Å². The molecule has 1 N–H and O–H groups in total. The zero-order valence-corrected chi connectivity index (χ0v) is 14.4. The number of aliphatic hydroxyl groups is 1. The Morgan fingerprint density at radius 2 is 1.81 bits per heavy atom. The normalized spacial score (nSPS) is 24.8. The molecule has 3 unspecified atom stereocenters. The number of carbonyl (C=O) groups is 1. The van der Waals surface area contributed by atoms with Crippen molar-refractivity contribution in [2.45, 2.75) is 65.8 Å². The Labute approximate surface area is 129 Å². The third-order valence-electron chi connectivity index (χ3n) is 4.30. The third kappa shape index (κ3) is 4.41. The molecule has 3 atom stereocenters. The van der Waals surface area contributed by atoms with Gasteiger partial charge in [-0.1, -0.05) is 0 Å². The number of carbonyl (C=O) groups excluding carboxylic acids is 1. The quantitative estimate of drug-likeness (QED) is 0.771. The van der Waals surface area contributed by atoms with E-state index >= 15 is 0 Å². The summed E-state index contributed by atoms with van der Waals surface area (Å²) in [7, 11) is 0. The minimum Gasteiger partial charge on any atom is -0.396 e. The van der Waals surface area contributed by atoms with Gasteiger partial charge in [-0.05, 0) is 41.5 Å². The zero-order chi connectivity index (χ0) is 16.2. The van der Waals surface area contributed by atoms with E-state index in [4.69, 9.17) is 4.74 Å². The average molecular weight is 300 g/mol. The van der Waals surface area contributed by atoms with E-state index in [2.05, 4.69) is 4.90 Å². The van der Waals surface area contributed by atoms with Gasteiger partial charge in [-0.3, -0.25) is 9.69 Å². The van der Waals surface area contributed by atoms with Crippen LogP contribution in [0.4, 0.5) is 0 Å². The van der Waals surface area contributed by atoms with Crippen LogP contribution >= 0.6 is 0 Å². The fourth-order valence-electron chi connectivity index (χ4n) is 3.25. The van der Waals surface area contributed by atoms with Gasteiger partial charge in [-0.2, -0.15) is 0 Å². The summed E-state index contributed by atoms with van der Waals surface area (Å²) >= 11 is 0. The van der Waals surface area contributed by atoms with Crippen LogP contribution in [0.3, 0.4) is 0 Å². The second-order valence-electron chi connectivity index (χ2n) is 6.50. The van der Waals surface area contributed by atoms with E-state index in [-0.39, 0.29) is 42.7 Å². The second kappa shape index (κ2) is 8.11. The predicted molar refractivity (Wildman–Crippen MR) is 84.1 cm³/mol. The van der Waals surface area contributed by atoms with Crippen LogP contribution < -0.4 is 0 Å². The summed E-state index contributed by atoms with van der Waals surface area (Å²) in [6, 6.07) is 0.215. The fourth-order valence-corrected chi connectivity index (χ4v) is 3.25. The number of likely N-dealkylation sites (tertiary alicyclic amines) is 1. The molecule has 0 spiro atoms. The number of nitrogens with zero attached hydrogens (tertiary/aromatic N) is 2. The molecule has 1 aliphatic rings. The number of rotatable bonds is 7. The van der Waals surface area contributed by atoms with Gasteiger partial charge in [0.1, 0.15) is 0 Å². The van der Waals surface area contributed by atoms with Crippen molar-refractivity contribution >= 4 is 5.91 Å². The molecule has 5 heteroatoms. The maximum absolute atomic E-state index is 12.8. The van der Waals surface area contributed by atoms with E-state index in [1.165, 1.54) is 0 Å². The van der Waals surface area contributed by atoms with Gasteiger partial charge >= 0.3 is 0 Å². The smallest absolute Gasteiger partial charge is 0.240 e. The number of hydrogen-bond donors (Lipinski definition) is 1. The maximum Gasteiger partial charge on any atom is 0.240 e. The molecule has 0 aliphatic carbocycles. The van der Waals surface area contributed by atoms with E-state index in [0.29, 0.717) is 6.61 Å². The molecule has 0 aromatic heterocycles. The summed E-state index contributed by atoms with van der Waals surface area (Å²) in [5, 5.41) is 9.48. The van der Waals surface area contributed by atoms with Gasteiger partial charge in [0, 0.05) is 44.3 Å². The molecule has 0 aromatic carbocycles. The highest BCUT2D eigenvalue weighted by Crippen LogP contribution is 2.23. The summed E-state index contributed by atoms with van der Waals surface area (Å²) < 4.78 is 5.70. The molecule has 5 nitrogen and oxygen atoms in total. The Kier molecular flexibility index (Phi) is 7.10. The van der Waals surface area contributed by atoms with Crippen LogP contribution in [-0.4, -0.2) is 71.3 Å². The topological polar surface area (TPSA) is 53.0 Å². The first-order valence-electron chi connectivity index (χ1n) is 8.12. The SMILES string of the molecule is CCOC1CN(C(C)C(=O)N(C(C)C)C(C)C)CC1CO. The van der Waals surface area contributed by atoms with Crippen LogP contribution in [-0.2, 0) is 9.53 Å². The molecule has 1 rings (SSSR count). The number of hydrogen-bond acceptors (Lipinski definition) is 4. The monoisotopic (exact) mass is 300 g/mol. The molecule has 0 bridgehead atoms. The summed E-state index contributed by atoms with van der Waals surface area (Å²) in [6.45, 7) is 14.3. The first-order valence-corrected chi connectivity index (χ1v) is 8.12. The highest BCUT2D eigenvalue weighted by molar-refractivity contribution is 5.82. The van der Waals surface area contributed by atoms with Crippen LogP contribution in [0.15, 0.2) is 0 Å². The Morgan fingerprint density at radius 1 is 1.24 bits per heavy atom. The summed E-state index contributed by atoms with van der Waals surface area (Å²) in [5.74, 6) is 0.264. The van der Waals surface area contributed by atoms with Crippen molar-refractivity contribution in [3.8, 4) is 0 Å². The molecule has 1 heterocycles. The molecule has 124 valence electrons. The van der Waals surface area contributed by atoms with Crippen LogP contribution in [0.1, 0.15) is 41.5 Å². The fraction of sp³-hybridized carbons (Fsp3) is 0.938. The van der Waals surface area contributed by atoms with Crippen LogP contribution in [0.2, 0.25) is 0 Å². The highest BCUT2D eigenvalue weighted by atomic mass is 16.5. The molecule has 21 heavy (non-hydrogen) atoms. The van der Waals surface area contributed by atoms with Gasteiger partial charge in [-0.15, -0.1) is 0 Å².